The van der Waals surface area contributed by atoms with E-state index in [9.17, 15) is 14.4 Å². The molecule has 26 heavy (non-hydrogen) atoms. The summed E-state index contributed by atoms with van der Waals surface area (Å²) in [5.41, 5.74) is 1.95. The lowest BCUT2D eigenvalue weighted by Crippen LogP contribution is -2.30. The fourth-order valence-electron chi connectivity index (χ4n) is 2.72. The first-order chi connectivity index (χ1) is 12.4. The largest absolute Gasteiger partial charge is 0.464 e. The van der Waals surface area contributed by atoms with Gasteiger partial charge in [0.25, 0.3) is 5.91 Å². The summed E-state index contributed by atoms with van der Waals surface area (Å²) in [7, 11) is 1.62. The van der Waals surface area contributed by atoms with E-state index in [4.69, 9.17) is 9.15 Å². The van der Waals surface area contributed by atoms with E-state index >= 15 is 0 Å². The molecule has 0 spiro atoms. The van der Waals surface area contributed by atoms with Gasteiger partial charge in [0.05, 0.1) is 12.1 Å². The van der Waals surface area contributed by atoms with Crippen molar-refractivity contribution in [3.05, 3.63) is 53.0 Å². The summed E-state index contributed by atoms with van der Waals surface area (Å²) in [5, 5.41) is 2.76. The van der Waals surface area contributed by atoms with Crippen molar-refractivity contribution in [3.8, 4) is 0 Å². The molecule has 0 unspecified atom stereocenters. The topological polar surface area (TPSA) is 88.8 Å². The Balaban J connectivity index is 1.55. The van der Waals surface area contributed by atoms with Crippen LogP contribution in [0.15, 0.2) is 34.7 Å². The maximum absolute atomic E-state index is 12.2. The highest BCUT2D eigenvalue weighted by Crippen LogP contribution is 2.23. The zero-order valence-electron chi connectivity index (χ0n) is 14.7. The Bertz CT molecular complexity index is 855. The van der Waals surface area contributed by atoms with Crippen LogP contribution in [0.1, 0.15) is 33.9 Å². The summed E-state index contributed by atoms with van der Waals surface area (Å²) in [5.74, 6) is 0.517. The third-order valence-electron chi connectivity index (χ3n) is 4.18. The van der Waals surface area contributed by atoms with Crippen molar-refractivity contribution in [2.24, 2.45) is 0 Å². The zero-order chi connectivity index (χ0) is 18.7. The second kappa shape index (κ2) is 7.43. The minimum Gasteiger partial charge on any atom is -0.464 e. The summed E-state index contributed by atoms with van der Waals surface area (Å²) >= 11 is 0. The number of likely N-dealkylation sites (N-methyl/N-ethyl adjacent to an activating group) is 1. The zero-order valence-corrected chi connectivity index (χ0v) is 14.7. The van der Waals surface area contributed by atoms with E-state index in [0.29, 0.717) is 36.4 Å². The molecule has 7 nitrogen and oxygen atoms in total. The van der Waals surface area contributed by atoms with Gasteiger partial charge in [-0.1, -0.05) is 0 Å². The van der Waals surface area contributed by atoms with Crippen LogP contribution in [0.25, 0.3) is 0 Å². The van der Waals surface area contributed by atoms with Crippen LogP contribution in [0, 0.1) is 6.92 Å². The molecule has 0 aliphatic carbocycles. The van der Waals surface area contributed by atoms with Crippen LogP contribution < -0.4 is 5.32 Å². The molecule has 7 heteroatoms. The lowest BCUT2D eigenvalue weighted by Gasteiger charge is -2.18. The van der Waals surface area contributed by atoms with Crippen molar-refractivity contribution >= 4 is 23.5 Å². The van der Waals surface area contributed by atoms with Gasteiger partial charge in [0.1, 0.15) is 11.5 Å². The van der Waals surface area contributed by atoms with Gasteiger partial charge >= 0.3 is 5.97 Å². The molecule has 1 aliphatic heterocycles. The lowest BCUT2D eigenvalue weighted by molar-refractivity contribution is -0.134. The van der Waals surface area contributed by atoms with Crippen molar-refractivity contribution in [1.82, 2.24) is 4.90 Å². The third-order valence-corrected chi connectivity index (χ3v) is 4.18. The lowest BCUT2D eigenvalue weighted by atomic mass is 10.0. The molecule has 0 fully saturated rings. The number of nitrogens with one attached hydrogen (secondary N) is 1. The number of hydrogen-bond acceptors (Lipinski definition) is 5. The van der Waals surface area contributed by atoms with Crippen molar-refractivity contribution in [2.75, 3.05) is 19.0 Å². The number of hydrogen-bond donors (Lipinski definition) is 1. The van der Waals surface area contributed by atoms with Gasteiger partial charge in [-0.2, -0.15) is 0 Å². The number of furan rings is 1. The third kappa shape index (κ3) is 4.11. The van der Waals surface area contributed by atoms with Gasteiger partial charge in [-0.25, -0.2) is 4.79 Å². The number of nitrogens with zero attached hydrogens (tertiary/aromatic N) is 1. The van der Waals surface area contributed by atoms with Gasteiger partial charge in [0.15, 0.2) is 6.61 Å². The highest BCUT2D eigenvalue weighted by molar-refractivity contribution is 5.96. The first-order valence-corrected chi connectivity index (χ1v) is 8.31. The van der Waals surface area contributed by atoms with Crippen LogP contribution in [-0.2, 0) is 27.3 Å². The number of aryl methyl sites for hydroxylation is 2. The fraction of sp³-hybridized carbons (Fsp3) is 0.316. The molecule has 0 saturated heterocycles. The number of anilines is 1. The number of ether oxygens (including phenoxy) is 1. The van der Waals surface area contributed by atoms with Gasteiger partial charge in [-0.05, 0) is 49.2 Å². The Labute approximate surface area is 150 Å². The van der Waals surface area contributed by atoms with Gasteiger partial charge in [0.2, 0.25) is 5.91 Å². The second-order valence-corrected chi connectivity index (χ2v) is 6.26. The Morgan fingerprint density at radius 2 is 2.04 bits per heavy atom. The van der Waals surface area contributed by atoms with Crippen LogP contribution in [0.4, 0.5) is 5.69 Å². The van der Waals surface area contributed by atoms with Gasteiger partial charge in [-0.15, -0.1) is 0 Å². The van der Waals surface area contributed by atoms with Crippen LogP contribution in [0.2, 0.25) is 0 Å². The number of carbonyl (C=O) groups excluding carboxylic acids is 3. The molecule has 1 aliphatic rings. The predicted molar refractivity (Wildman–Crippen MR) is 93.6 cm³/mol. The Morgan fingerprint density at radius 3 is 2.77 bits per heavy atom. The van der Waals surface area contributed by atoms with Crippen LogP contribution in [0.3, 0.4) is 0 Å². The summed E-state index contributed by atoms with van der Waals surface area (Å²) in [4.78, 5) is 37.1. The molecule has 0 saturated carbocycles. The minimum absolute atomic E-state index is 0.0341. The number of fused-ring (bicyclic) bond motifs is 1. The molecule has 0 atom stereocenters. The first kappa shape index (κ1) is 17.7. The quantitative estimate of drug-likeness (QED) is 0.831. The normalized spacial score (nSPS) is 12.9. The summed E-state index contributed by atoms with van der Waals surface area (Å²) in [6.45, 7) is 1.79. The van der Waals surface area contributed by atoms with Crippen molar-refractivity contribution in [3.63, 3.8) is 0 Å². The van der Waals surface area contributed by atoms with E-state index < -0.39 is 5.97 Å². The number of rotatable bonds is 5. The molecule has 2 aromatic rings. The summed E-state index contributed by atoms with van der Waals surface area (Å²) in [6.07, 6.45) is 0.966. The number of carbonyl (C=O) groups is 3. The van der Waals surface area contributed by atoms with E-state index in [1.165, 1.54) is 4.90 Å². The Hall–Kier alpha value is -3.09. The van der Waals surface area contributed by atoms with Gasteiger partial charge in [0, 0.05) is 19.2 Å². The molecule has 1 aromatic carbocycles. The fourth-order valence-corrected chi connectivity index (χ4v) is 2.72. The SMILES string of the molecule is Cc1ccc(CN(C)C(=O)COC(=O)c2ccc3c(c2)CCC(=O)N3)o1. The maximum atomic E-state index is 12.2. The molecule has 1 N–H and O–H groups in total. The number of esters is 1. The number of amides is 2. The van der Waals surface area contributed by atoms with Crippen molar-refractivity contribution < 1.29 is 23.5 Å². The molecule has 2 amide bonds. The van der Waals surface area contributed by atoms with E-state index in [1.807, 2.05) is 13.0 Å². The molecule has 1 aromatic heterocycles. The highest BCUT2D eigenvalue weighted by Gasteiger charge is 2.19. The van der Waals surface area contributed by atoms with Crippen LogP contribution in [0.5, 0.6) is 0 Å². The second-order valence-electron chi connectivity index (χ2n) is 6.26. The average molecular weight is 356 g/mol. The van der Waals surface area contributed by atoms with E-state index in [2.05, 4.69) is 5.32 Å². The average Bonchev–Trinajstić information content (AvgIpc) is 3.03. The Kier molecular flexibility index (Phi) is 5.06. The van der Waals surface area contributed by atoms with E-state index in [-0.39, 0.29) is 18.4 Å². The first-order valence-electron chi connectivity index (χ1n) is 8.31. The minimum atomic E-state index is -0.569. The standard InChI is InChI=1S/C19H20N2O5/c1-12-3-6-15(26-12)10-21(2)18(23)11-25-19(24)14-4-7-16-13(9-14)5-8-17(22)20-16/h3-4,6-7,9H,5,8,10-11H2,1-2H3,(H,20,22). The van der Waals surface area contributed by atoms with E-state index in [1.54, 1.807) is 31.3 Å². The van der Waals surface area contributed by atoms with Crippen LogP contribution in [-0.4, -0.2) is 36.3 Å². The molecule has 136 valence electrons. The van der Waals surface area contributed by atoms with Crippen LogP contribution >= 0.6 is 0 Å². The molecule has 2 heterocycles. The highest BCUT2D eigenvalue weighted by atomic mass is 16.5. The molecule has 3 rings (SSSR count). The van der Waals surface area contributed by atoms with Crippen molar-refractivity contribution in [1.29, 1.82) is 0 Å². The molecule has 0 radical (unpaired) electrons. The number of benzene rings is 1. The predicted octanol–water partition coefficient (Wildman–Crippen LogP) is 2.29. The summed E-state index contributed by atoms with van der Waals surface area (Å²) in [6, 6.07) is 8.57. The maximum Gasteiger partial charge on any atom is 0.338 e. The monoisotopic (exact) mass is 356 g/mol. The molecular weight excluding hydrogens is 336 g/mol. The Morgan fingerprint density at radius 1 is 1.23 bits per heavy atom. The smallest absolute Gasteiger partial charge is 0.338 e. The van der Waals surface area contributed by atoms with Crippen molar-refractivity contribution in [2.45, 2.75) is 26.3 Å². The van der Waals surface area contributed by atoms with E-state index in [0.717, 1.165) is 11.3 Å². The molecular formula is C19H20N2O5. The van der Waals surface area contributed by atoms with Gasteiger partial charge < -0.3 is 19.4 Å². The van der Waals surface area contributed by atoms with Gasteiger partial charge in [-0.3, -0.25) is 9.59 Å². The summed E-state index contributed by atoms with van der Waals surface area (Å²) < 4.78 is 10.5. The molecule has 0 bridgehead atoms.